The van der Waals surface area contributed by atoms with E-state index in [2.05, 4.69) is 0 Å². The Morgan fingerprint density at radius 1 is 1.10 bits per heavy atom. The molecular weight excluding hydrogens is 262 g/mol. The highest BCUT2D eigenvalue weighted by Gasteiger charge is 2.37. The van der Waals surface area contributed by atoms with Gasteiger partial charge in [0, 0.05) is 17.6 Å². The van der Waals surface area contributed by atoms with Crippen molar-refractivity contribution in [2.75, 3.05) is 13.2 Å². The molecule has 0 spiro atoms. The number of nitrogens with two attached hydrogens (primary N) is 2. The summed E-state index contributed by atoms with van der Waals surface area (Å²) in [4.78, 5) is 24.5. The first-order valence-corrected chi connectivity index (χ1v) is 6.53. The van der Waals surface area contributed by atoms with E-state index in [1.807, 2.05) is 41.5 Å². The van der Waals surface area contributed by atoms with E-state index in [1.54, 1.807) is 4.90 Å². The topological polar surface area (TPSA) is 108 Å². The summed E-state index contributed by atoms with van der Waals surface area (Å²) in [6.45, 7) is 11.4. The van der Waals surface area contributed by atoms with Crippen LogP contribution in [0, 0.1) is 0 Å². The molecule has 4 N–H and O–H groups in total. The van der Waals surface area contributed by atoms with Gasteiger partial charge in [0.2, 0.25) is 0 Å². The van der Waals surface area contributed by atoms with Crippen molar-refractivity contribution in [3.63, 3.8) is 0 Å². The molecule has 0 aliphatic rings. The Labute approximate surface area is 120 Å². The first kappa shape index (κ1) is 18.5. The van der Waals surface area contributed by atoms with E-state index in [9.17, 15) is 9.59 Å². The molecule has 0 heterocycles. The fourth-order valence-corrected chi connectivity index (χ4v) is 2.10. The van der Waals surface area contributed by atoms with E-state index in [1.165, 1.54) is 0 Å². The van der Waals surface area contributed by atoms with Crippen molar-refractivity contribution in [3.05, 3.63) is 0 Å². The van der Waals surface area contributed by atoms with Gasteiger partial charge in [-0.1, -0.05) is 0 Å². The predicted octanol–water partition coefficient (Wildman–Crippen LogP) is 1.44. The van der Waals surface area contributed by atoms with Crippen LogP contribution < -0.4 is 11.5 Å². The number of hydrogen-bond acceptors (Lipinski definition) is 5. The molecule has 0 unspecified atom stereocenters. The Hall–Kier alpha value is -1.50. The smallest absolute Gasteiger partial charge is 0.410 e. The molecule has 7 heteroatoms. The summed E-state index contributed by atoms with van der Waals surface area (Å²) in [6.07, 6.45) is -2.17. The first-order chi connectivity index (χ1) is 8.89. The average Bonchev–Trinajstić information content (AvgIpc) is 2.19. The van der Waals surface area contributed by atoms with Crippen molar-refractivity contribution in [2.24, 2.45) is 11.5 Å². The fourth-order valence-electron chi connectivity index (χ4n) is 2.10. The second kappa shape index (κ2) is 6.78. The van der Waals surface area contributed by atoms with Gasteiger partial charge in [0.15, 0.2) is 0 Å². The van der Waals surface area contributed by atoms with E-state index in [0.717, 1.165) is 0 Å². The third-order valence-electron chi connectivity index (χ3n) is 2.46. The van der Waals surface area contributed by atoms with Gasteiger partial charge < -0.3 is 20.9 Å². The summed E-state index contributed by atoms with van der Waals surface area (Å²) >= 11 is 0. The number of rotatable bonds is 4. The van der Waals surface area contributed by atoms with Gasteiger partial charge >= 0.3 is 12.2 Å². The van der Waals surface area contributed by atoms with Gasteiger partial charge in [-0.3, -0.25) is 4.90 Å². The van der Waals surface area contributed by atoms with E-state index in [-0.39, 0.29) is 13.2 Å². The highest BCUT2D eigenvalue weighted by Crippen LogP contribution is 2.25. The minimum absolute atomic E-state index is 0.0290. The largest absolute Gasteiger partial charge is 0.445 e. The lowest BCUT2D eigenvalue weighted by atomic mass is 9.97. The minimum Gasteiger partial charge on any atom is -0.445 e. The van der Waals surface area contributed by atoms with Crippen molar-refractivity contribution >= 4 is 12.2 Å². The average molecular weight is 289 g/mol. The molecule has 0 aromatic rings. The summed E-state index contributed by atoms with van der Waals surface area (Å²) in [5.41, 5.74) is 9.51. The Morgan fingerprint density at radius 3 is 1.85 bits per heavy atom. The maximum Gasteiger partial charge on any atom is 0.410 e. The summed E-state index contributed by atoms with van der Waals surface area (Å²) < 4.78 is 9.90. The van der Waals surface area contributed by atoms with Crippen LogP contribution in [0.2, 0.25) is 0 Å². The lowest BCUT2D eigenvalue weighted by Gasteiger charge is -2.44. The first-order valence-electron chi connectivity index (χ1n) is 6.53. The molecular formula is C13H27N3O4. The molecule has 0 radical (unpaired) electrons. The lowest BCUT2D eigenvalue weighted by Crippen LogP contribution is -2.56. The second-order valence-electron chi connectivity index (χ2n) is 6.55. The zero-order valence-corrected chi connectivity index (χ0v) is 13.2. The highest BCUT2D eigenvalue weighted by atomic mass is 16.6. The molecule has 2 amide bonds. The number of primary amides is 1. The van der Waals surface area contributed by atoms with Crippen LogP contribution in [0.5, 0.6) is 0 Å². The number of amides is 2. The number of carbonyl (C=O) groups is 2. The molecule has 0 aliphatic heterocycles. The van der Waals surface area contributed by atoms with Gasteiger partial charge in [-0.2, -0.15) is 0 Å². The highest BCUT2D eigenvalue weighted by molar-refractivity contribution is 5.69. The SMILES string of the molecule is CC(C)(C)N(C(=O)OC[C@H](CN)OC(N)=O)C(C)(C)C. The van der Waals surface area contributed by atoms with Crippen LogP contribution in [0.15, 0.2) is 0 Å². The van der Waals surface area contributed by atoms with Crippen molar-refractivity contribution in [1.29, 1.82) is 0 Å². The van der Waals surface area contributed by atoms with Crippen molar-refractivity contribution in [1.82, 2.24) is 4.90 Å². The lowest BCUT2D eigenvalue weighted by molar-refractivity contribution is -0.00233. The molecule has 0 fully saturated rings. The van der Waals surface area contributed by atoms with Gasteiger partial charge in [-0.25, -0.2) is 9.59 Å². The van der Waals surface area contributed by atoms with Gasteiger partial charge in [0.05, 0.1) is 0 Å². The maximum absolute atomic E-state index is 12.2. The normalized spacial score (nSPS) is 13.6. The Morgan fingerprint density at radius 2 is 1.55 bits per heavy atom. The minimum atomic E-state index is -0.944. The molecule has 7 nitrogen and oxygen atoms in total. The van der Waals surface area contributed by atoms with Crippen LogP contribution in [-0.4, -0.2) is 47.4 Å². The van der Waals surface area contributed by atoms with Gasteiger partial charge in [-0.15, -0.1) is 0 Å². The van der Waals surface area contributed by atoms with Crippen LogP contribution in [0.4, 0.5) is 9.59 Å². The van der Waals surface area contributed by atoms with Crippen molar-refractivity contribution in [2.45, 2.75) is 58.7 Å². The molecule has 0 saturated carbocycles. The van der Waals surface area contributed by atoms with Gasteiger partial charge in [-0.05, 0) is 41.5 Å². The quantitative estimate of drug-likeness (QED) is 0.814. The molecule has 1 atom stereocenters. The summed E-state index contributed by atoms with van der Waals surface area (Å²) in [5, 5.41) is 0. The molecule has 0 saturated heterocycles. The zero-order valence-electron chi connectivity index (χ0n) is 13.2. The Balaban J connectivity index is 4.75. The van der Waals surface area contributed by atoms with Gasteiger partial charge in [0.25, 0.3) is 0 Å². The van der Waals surface area contributed by atoms with E-state index in [0.29, 0.717) is 0 Å². The molecule has 0 aromatic carbocycles. The molecule has 0 bridgehead atoms. The number of hydrogen-bond donors (Lipinski definition) is 2. The summed E-state index contributed by atoms with van der Waals surface area (Å²) in [5.74, 6) is 0. The molecule has 0 aliphatic carbocycles. The monoisotopic (exact) mass is 289 g/mol. The molecule has 118 valence electrons. The van der Waals surface area contributed by atoms with Crippen molar-refractivity contribution in [3.8, 4) is 0 Å². The van der Waals surface area contributed by atoms with E-state index in [4.69, 9.17) is 20.9 Å². The maximum atomic E-state index is 12.2. The molecule has 20 heavy (non-hydrogen) atoms. The number of nitrogens with zero attached hydrogens (tertiary/aromatic N) is 1. The number of carbonyl (C=O) groups excluding carboxylic acids is 2. The third-order valence-corrected chi connectivity index (χ3v) is 2.46. The number of ether oxygens (including phenoxy) is 2. The van der Waals surface area contributed by atoms with Crippen LogP contribution in [-0.2, 0) is 9.47 Å². The third kappa shape index (κ3) is 6.10. The zero-order chi connectivity index (χ0) is 16.1. The molecule has 0 rings (SSSR count). The predicted molar refractivity (Wildman–Crippen MR) is 76.2 cm³/mol. The summed E-state index contributed by atoms with van der Waals surface area (Å²) in [6, 6.07) is 0. The summed E-state index contributed by atoms with van der Waals surface area (Å²) in [7, 11) is 0. The fraction of sp³-hybridized carbons (Fsp3) is 0.846. The van der Waals surface area contributed by atoms with Crippen LogP contribution in [0.1, 0.15) is 41.5 Å². The van der Waals surface area contributed by atoms with Crippen LogP contribution >= 0.6 is 0 Å². The van der Waals surface area contributed by atoms with Crippen LogP contribution in [0.25, 0.3) is 0 Å². The Bertz CT molecular complexity index is 331. The van der Waals surface area contributed by atoms with E-state index >= 15 is 0 Å². The van der Waals surface area contributed by atoms with E-state index < -0.39 is 29.4 Å². The van der Waals surface area contributed by atoms with Gasteiger partial charge in [0.1, 0.15) is 12.7 Å². The molecule has 0 aromatic heterocycles. The van der Waals surface area contributed by atoms with Crippen LogP contribution in [0.3, 0.4) is 0 Å². The standard InChI is InChI=1S/C13H27N3O4/c1-12(2,3)16(13(4,5)6)11(18)19-8-9(7-14)20-10(15)17/h9H,7-8,14H2,1-6H3,(H2,15,17)/t9-/m0/s1. The second-order valence-corrected chi connectivity index (χ2v) is 6.55. The Kier molecular flexibility index (Phi) is 6.28. The van der Waals surface area contributed by atoms with Crippen molar-refractivity contribution < 1.29 is 19.1 Å².